The number of rotatable bonds is 3. The number of nitrogens with zero attached hydrogens (tertiary/aromatic N) is 3. The highest BCUT2D eigenvalue weighted by atomic mass is 15.3. The Morgan fingerprint density at radius 3 is 2.81 bits per heavy atom. The monoisotopic (exact) mass is 222 g/mol. The summed E-state index contributed by atoms with van der Waals surface area (Å²) in [5, 5.41) is 4.71. The molecule has 0 aliphatic carbocycles. The van der Waals surface area contributed by atoms with Crippen molar-refractivity contribution in [2.45, 2.75) is 39.9 Å². The van der Waals surface area contributed by atoms with Crippen molar-refractivity contribution in [3.8, 4) is 0 Å². The summed E-state index contributed by atoms with van der Waals surface area (Å²) in [7, 11) is 2.15. The topological polar surface area (TPSA) is 47.1 Å². The van der Waals surface area contributed by atoms with Gasteiger partial charge < -0.3 is 10.6 Å². The third-order valence-electron chi connectivity index (χ3n) is 3.14. The van der Waals surface area contributed by atoms with E-state index in [-0.39, 0.29) is 0 Å². The Morgan fingerprint density at radius 1 is 1.44 bits per heavy atom. The molecule has 2 N–H and O–H groups in total. The van der Waals surface area contributed by atoms with Gasteiger partial charge >= 0.3 is 0 Å². The van der Waals surface area contributed by atoms with Crippen molar-refractivity contribution in [2.75, 3.05) is 13.6 Å². The van der Waals surface area contributed by atoms with E-state index in [9.17, 15) is 0 Å². The van der Waals surface area contributed by atoms with Crippen LogP contribution in [0.2, 0.25) is 0 Å². The highest BCUT2D eigenvalue weighted by molar-refractivity contribution is 5.28. The average molecular weight is 222 g/mol. The number of aromatic nitrogens is 2. The second-order valence-electron chi connectivity index (χ2n) is 5.14. The first-order valence-corrected chi connectivity index (χ1v) is 6.07. The molecule has 4 nitrogen and oxygen atoms in total. The normalized spacial score (nSPS) is 16.8. The molecule has 2 heterocycles. The van der Waals surface area contributed by atoms with Crippen LogP contribution in [-0.2, 0) is 26.1 Å². The fourth-order valence-electron chi connectivity index (χ4n) is 2.37. The maximum absolute atomic E-state index is 5.86. The van der Waals surface area contributed by atoms with Crippen molar-refractivity contribution in [3.63, 3.8) is 0 Å². The van der Waals surface area contributed by atoms with Gasteiger partial charge in [0.15, 0.2) is 0 Å². The SMILES string of the molecule is CC(C)Cn1nc2c(c1CN)CCN(C)C2. The molecule has 0 unspecified atom stereocenters. The Hall–Kier alpha value is -0.870. The van der Waals surface area contributed by atoms with E-state index in [1.807, 2.05) is 0 Å². The molecule has 0 amide bonds. The summed E-state index contributed by atoms with van der Waals surface area (Å²) in [6, 6.07) is 0. The van der Waals surface area contributed by atoms with Crippen LogP contribution in [0.15, 0.2) is 0 Å². The van der Waals surface area contributed by atoms with E-state index in [1.165, 1.54) is 17.0 Å². The lowest BCUT2D eigenvalue weighted by molar-refractivity contribution is 0.307. The van der Waals surface area contributed by atoms with Crippen LogP contribution in [0.3, 0.4) is 0 Å². The van der Waals surface area contributed by atoms with Crippen LogP contribution in [0.1, 0.15) is 30.8 Å². The van der Waals surface area contributed by atoms with Gasteiger partial charge in [0.2, 0.25) is 0 Å². The smallest absolute Gasteiger partial charge is 0.0800 e. The van der Waals surface area contributed by atoms with Gasteiger partial charge in [0.25, 0.3) is 0 Å². The van der Waals surface area contributed by atoms with Gasteiger partial charge in [-0.2, -0.15) is 5.10 Å². The maximum Gasteiger partial charge on any atom is 0.0800 e. The minimum absolute atomic E-state index is 0.610. The van der Waals surface area contributed by atoms with Gasteiger partial charge in [0.05, 0.1) is 11.4 Å². The first-order chi connectivity index (χ1) is 7.61. The maximum atomic E-state index is 5.86. The lowest BCUT2D eigenvalue weighted by Crippen LogP contribution is -2.26. The van der Waals surface area contributed by atoms with Gasteiger partial charge in [-0.05, 0) is 19.4 Å². The van der Waals surface area contributed by atoms with Crippen LogP contribution >= 0.6 is 0 Å². The fraction of sp³-hybridized carbons (Fsp3) is 0.750. The van der Waals surface area contributed by atoms with E-state index in [1.54, 1.807) is 0 Å². The summed E-state index contributed by atoms with van der Waals surface area (Å²) < 4.78 is 2.12. The molecule has 1 aromatic rings. The molecule has 4 heteroatoms. The molecule has 1 aliphatic rings. The molecule has 0 saturated carbocycles. The standard InChI is InChI=1S/C12H22N4/c1-9(2)7-16-12(6-13)10-4-5-15(3)8-11(10)14-16/h9H,4-8,13H2,1-3H3. The number of nitrogens with two attached hydrogens (primary N) is 1. The summed E-state index contributed by atoms with van der Waals surface area (Å²) in [5.41, 5.74) is 9.74. The summed E-state index contributed by atoms with van der Waals surface area (Å²) in [6.45, 7) is 8.10. The van der Waals surface area contributed by atoms with Crippen molar-refractivity contribution in [1.29, 1.82) is 0 Å². The molecule has 0 atom stereocenters. The largest absolute Gasteiger partial charge is 0.325 e. The second kappa shape index (κ2) is 4.55. The van der Waals surface area contributed by atoms with Gasteiger partial charge in [-0.1, -0.05) is 13.8 Å². The summed E-state index contributed by atoms with van der Waals surface area (Å²) >= 11 is 0. The van der Waals surface area contributed by atoms with E-state index in [0.717, 1.165) is 26.1 Å². The van der Waals surface area contributed by atoms with Crippen LogP contribution in [0, 0.1) is 5.92 Å². The minimum atomic E-state index is 0.610. The number of hydrogen-bond donors (Lipinski definition) is 1. The summed E-state index contributed by atoms with van der Waals surface area (Å²) in [5.74, 6) is 0.615. The number of likely N-dealkylation sites (N-methyl/N-ethyl adjacent to an activating group) is 1. The Bertz CT molecular complexity index is 367. The molecule has 16 heavy (non-hydrogen) atoms. The predicted octanol–water partition coefficient (Wildman–Crippen LogP) is 0.986. The predicted molar refractivity (Wildman–Crippen MR) is 65.0 cm³/mol. The molecule has 0 fully saturated rings. The van der Waals surface area contributed by atoms with E-state index in [2.05, 4.69) is 30.5 Å². The Kier molecular flexibility index (Phi) is 3.30. The number of fused-ring (bicyclic) bond motifs is 1. The van der Waals surface area contributed by atoms with Crippen LogP contribution in [0.5, 0.6) is 0 Å². The molecule has 0 spiro atoms. The third kappa shape index (κ3) is 2.13. The Balaban J connectivity index is 2.32. The highest BCUT2D eigenvalue weighted by Gasteiger charge is 2.22. The van der Waals surface area contributed by atoms with Crippen LogP contribution in [0.4, 0.5) is 0 Å². The van der Waals surface area contributed by atoms with Gasteiger partial charge in [-0.25, -0.2) is 0 Å². The van der Waals surface area contributed by atoms with Crippen LogP contribution in [0.25, 0.3) is 0 Å². The van der Waals surface area contributed by atoms with E-state index in [0.29, 0.717) is 12.5 Å². The van der Waals surface area contributed by atoms with E-state index in [4.69, 9.17) is 10.8 Å². The Labute approximate surface area is 97.4 Å². The zero-order valence-corrected chi connectivity index (χ0v) is 10.5. The quantitative estimate of drug-likeness (QED) is 0.829. The van der Waals surface area contributed by atoms with E-state index < -0.39 is 0 Å². The summed E-state index contributed by atoms with van der Waals surface area (Å²) in [6.07, 6.45) is 1.09. The minimum Gasteiger partial charge on any atom is -0.325 e. The van der Waals surface area contributed by atoms with Crippen molar-refractivity contribution in [3.05, 3.63) is 17.0 Å². The van der Waals surface area contributed by atoms with Crippen molar-refractivity contribution in [1.82, 2.24) is 14.7 Å². The molecule has 1 aromatic heterocycles. The van der Waals surface area contributed by atoms with Gasteiger partial charge in [0.1, 0.15) is 0 Å². The van der Waals surface area contributed by atoms with Crippen molar-refractivity contribution < 1.29 is 0 Å². The van der Waals surface area contributed by atoms with Crippen molar-refractivity contribution in [2.24, 2.45) is 11.7 Å². The zero-order chi connectivity index (χ0) is 11.7. The zero-order valence-electron chi connectivity index (χ0n) is 10.5. The highest BCUT2D eigenvalue weighted by Crippen LogP contribution is 2.21. The fourth-order valence-corrected chi connectivity index (χ4v) is 2.37. The molecule has 1 aliphatic heterocycles. The average Bonchev–Trinajstić information content (AvgIpc) is 2.52. The molecule has 0 aromatic carbocycles. The molecule has 0 saturated heterocycles. The molecular formula is C12H22N4. The van der Waals surface area contributed by atoms with Gasteiger partial charge in [0, 0.05) is 31.7 Å². The first-order valence-electron chi connectivity index (χ1n) is 6.07. The van der Waals surface area contributed by atoms with Gasteiger partial charge in [-0.3, -0.25) is 4.68 Å². The lowest BCUT2D eigenvalue weighted by atomic mass is 10.0. The van der Waals surface area contributed by atoms with Crippen LogP contribution in [-0.4, -0.2) is 28.3 Å². The Morgan fingerprint density at radius 2 is 2.19 bits per heavy atom. The van der Waals surface area contributed by atoms with Crippen LogP contribution < -0.4 is 5.73 Å². The number of hydrogen-bond acceptors (Lipinski definition) is 3. The molecular weight excluding hydrogens is 200 g/mol. The molecule has 0 bridgehead atoms. The van der Waals surface area contributed by atoms with Gasteiger partial charge in [-0.15, -0.1) is 0 Å². The molecule has 90 valence electrons. The third-order valence-corrected chi connectivity index (χ3v) is 3.14. The second-order valence-corrected chi connectivity index (χ2v) is 5.14. The first kappa shape index (κ1) is 11.6. The molecule has 0 radical (unpaired) electrons. The molecule has 2 rings (SSSR count). The summed E-state index contributed by atoms with van der Waals surface area (Å²) in [4.78, 5) is 2.31. The van der Waals surface area contributed by atoms with E-state index >= 15 is 0 Å². The van der Waals surface area contributed by atoms with Crippen molar-refractivity contribution >= 4 is 0 Å². The lowest BCUT2D eigenvalue weighted by Gasteiger charge is -2.21.